The summed E-state index contributed by atoms with van der Waals surface area (Å²) >= 11 is 0. The lowest BCUT2D eigenvalue weighted by Gasteiger charge is -2.15. The Bertz CT molecular complexity index is 484. The van der Waals surface area contributed by atoms with E-state index in [1.807, 2.05) is 0 Å². The van der Waals surface area contributed by atoms with Gasteiger partial charge in [-0.3, -0.25) is 26.0 Å². The number of nitro groups is 2. The number of nitrogens with two attached hydrogens (primary N) is 1. The van der Waals surface area contributed by atoms with E-state index in [0.717, 1.165) is 12.1 Å². The number of carboxylic acid groups (broad SMARTS) is 1. The Morgan fingerprint density at radius 1 is 1.28 bits per heavy atom. The summed E-state index contributed by atoms with van der Waals surface area (Å²) in [6.07, 6.45) is -0.562. The van der Waals surface area contributed by atoms with Crippen molar-refractivity contribution < 1.29 is 19.7 Å². The van der Waals surface area contributed by atoms with Gasteiger partial charge in [-0.05, 0) is 5.56 Å². The Hall–Kier alpha value is -2.55. The molecule has 1 aromatic carbocycles. The Morgan fingerprint density at radius 2 is 1.78 bits per heavy atom. The van der Waals surface area contributed by atoms with Crippen LogP contribution in [0.1, 0.15) is 5.56 Å². The van der Waals surface area contributed by atoms with Crippen molar-refractivity contribution >= 4 is 11.7 Å². The Balaban J connectivity index is 2.99. The molecule has 0 aromatic heterocycles. The van der Waals surface area contributed by atoms with E-state index in [1.54, 1.807) is 0 Å². The topological polar surface area (TPSA) is 150 Å². The molecule has 1 atom stereocenters. The molecule has 0 bridgehead atoms. The first-order chi connectivity index (χ1) is 8.27. The molecule has 0 aliphatic carbocycles. The number of nitrogens with zero attached hydrogens (tertiary/aromatic N) is 2. The van der Waals surface area contributed by atoms with Crippen LogP contribution in [0.5, 0.6) is 0 Å². The molecule has 0 saturated heterocycles. The van der Waals surface area contributed by atoms with Crippen LogP contribution in [0.2, 0.25) is 0 Å². The maximum atomic E-state index is 10.8. The number of hydrogen-bond donors (Lipinski definition) is 2. The van der Waals surface area contributed by atoms with E-state index in [9.17, 15) is 25.0 Å². The third kappa shape index (κ3) is 2.58. The van der Waals surface area contributed by atoms with Gasteiger partial charge in [0.15, 0.2) is 0 Å². The molecule has 96 valence electrons. The summed E-state index contributed by atoms with van der Waals surface area (Å²) in [4.78, 5) is 30.1. The lowest BCUT2D eigenvalue weighted by molar-refractivity contribution is -0.553. The van der Waals surface area contributed by atoms with Crippen LogP contribution in [-0.4, -0.2) is 26.6 Å². The number of benzene rings is 1. The number of rotatable bonds is 5. The largest absolute Gasteiger partial charge is 0.475 e. The minimum atomic E-state index is -2.64. The highest BCUT2D eigenvalue weighted by Gasteiger charge is 2.47. The van der Waals surface area contributed by atoms with Gasteiger partial charge in [0.25, 0.3) is 5.69 Å². The molecule has 1 rings (SSSR count). The van der Waals surface area contributed by atoms with Gasteiger partial charge in [-0.25, -0.2) is 4.79 Å². The first-order valence-corrected chi connectivity index (χ1v) is 4.67. The third-order valence-corrected chi connectivity index (χ3v) is 2.32. The van der Waals surface area contributed by atoms with Gasteiger partial charge in [-0.1, -0.05) is 12.1 Å². The fourth-order valence-corrected chi connectivity index (χ4v) is 1.26. The maximum Gasteiger partial charge on any atom is 0.399 e. The van der Waals surface area contributed by atoms with Crippen molar-refractivity contribution in [3.63, 3.8) is 0 Å². The fourth-order valence-electron chi connectivity index (χ4n) is 1.26. The molecule has 0 aliphatic rings. The predicted molar refractivity (Wildman–Crippen MR) is 58.3 cm³/mol. The number of carbonyl (C=O) groups is 1. The molecule has 9 nitrogen and oxygen atoms in total. The maximum absolute atomic E-state index is 10.8. The zero-order valence-corrected chi connectivity index (χ0v) is 8.98. The molecule has 18 heavy (non-hydrogen) atoms. The van der Waals surface area contributed by atoms with Crippen LogP contribution in [0.25, 0.3) is 0 Å². The number of nitro benzene ring substituents is 1. The molecule has 9 heteroatoms. The molecule has 0 unspecified atom stereocenters. The van der Waals surface area contributed by atoms with Crippen LogP contribution >= 0.6 is 0 Å². The van der Waals surface area contributed by atoms with E-state index < -0.39 is 27.9 Å². The molecule has 0 spiro atoms. The van der Waals surface area contributed by atoms with E-state index in [0.29, 0.717) is 0 Å². The van der Waals surface area contributed by atoms with Crippen LogP contribution in [0, 0.1) is 20.2 Å². The second kappa shape index (κ2) is 4.75. The van der Waals surface area contributed by atoms with Gasteiger partial charge in [0.2, 0.25) is 0 Å². The zero-order valence-electron chi connectivity index (χ0n) is 8.98. The van der Waals surface area contributed by atoms with Crippen molar-refractivity contribution in [3.8, 4) is 0 Å². The molecule has 3 N–H and O–H groups in total. The average Bonchev–Trinajstić information content (AvgIpc) is 2.29. The number of non-ortho nitro benzene ring substituents is 1. The van der Waals surface area contributed by atoms with Gasteiger partial charge in [-0.15, -0.1) is 0 Å². The molecular weight excluding hydrogens is 246 g/mol. The average molecular weight is 255 g/mol. The minimum absolute atomic E-state index is 0.196. The molecule has 0 fully saturated rings. The van der Waals surface area contributed by atoms with Crippen molar-refractivity contribution in [1.29, 1.82) is 0 Å². The zero-order chi connectivity index (χ0) is 13.9. The Morgan fingerprint density at radius 3 is 2.11 bits per heavy atom. The second-order valence-electron chi connectivity index (χ2n) is 3.59. The van der Waals surface area contributed by atoms with Crippen molar-refractivity contribution in [1.82, 2.24) is 0 Å². The molecular formula is C9H9N3O6. The summed E-state index contributed by atoms with van der Waals surface area (Å²) in [5.41, 5.74) is 2.57. The second-order valence-corrected chi connectivity index (χ2v) is 3.59. The molecule has 0 heterocycles. The standard InChI is InChI=1S/C9H9N3O6/c10-9(8(13)14,12(17)18)5-6-1-3-7(4-2-6)11(15)16/h1-4H,5,10H2,(H,13,14)/t9-/m1/s1. The lowest BCUT2D eigenvalue weighted by Crippen LogP contribution is -2.56. The van der Waals surface area contributed by atoms with Crippen LogP contribution in [-0.2, 0) is 11.2 Å². The summed E-state index contributed by atoms with van der Waals surface area (Å²) in [5.74, 6) is -1.77. The van der Waals surface area contributed by atoms with Gasteiger partial charge < -0.3 is 5.11 Å². The van der Waals surface area contributed by atoms with Gasteiger partial charge in [-0.2, -0.15) is 0 Å². The van der Waals surface area contributed by atoms with E-state index in [-0.39, 0.29) is 11.3 Å². The molecule has 0 saturated carbocycles. The van der Waals surface area contributed by atoms with E-state index in [1.165, 1.54) is 12.1 Å². The summed E-state index contributed by atoms with van der Waals surface area (Å²) < 4.78 is 0. The van der Waals surface area contributed by atoms with Gasteiger partial charge >= 0.3 is 11.6 Å². The third-order valence-electron chi connectivity index (χ3n) is 2.32. The van der Waals surface area contributed by atoms with Crippen molar-refractivity contribution in [2.24, 2.45) is 5.73 Å². The highest BCUT2D eigenvalue weighted by Crippen LogP contribution is 2.16. The Labute approximate surface area is 100 Å². The number of carboxylic acids is 1. The molecule has 0 amide bonds. The monoisotopic (exact) mass is 255 g/mol. The molecule has 1 aromatic rings. The van der Waals surface area contributed by atoms with E-state index in [2.05, 4.69) is 0 Å². The summed E-state index contributed by atoms with van der Waals surface area (Å²) in [6.45, 7) is 0. The van der Waals surface area contributed by atoms with Crippen LogP contribution in [0.15, 0.2) is 24.3 Å². The fraction of sp³-hybridized carbons (Fsp3) is 0.222. The number of hydrogen-bond acceptors (Lipinski definition) is 6. The first-order valence-electron chi connectivity index (χ1n) is 4.67. The summed E-state index contributed by atoms with van der Waals surface area (Å²) in [6, 6.07) is 4.70. The lowest BCUT2D eigenvalue weighted by atomic mass is 10.0. The van der Waals surface area contributed by atoms with Crippen LogP contribution in [0.3, 0.4) is 0 Å². The van der Waals surface area contributed by atoms with Gasteiger partial charge in [0.1, 0.15) is 0 Å². The smallest absolute Gasteiger partial charge is 0.399 e. The number of aliphatic carboxylic acids is 1. The summed E-state index contributed by atoms with van der Waals surface area (Å²) in [7, 11) is 0. The highest BCUT2D eigenvalue weighted by atomic mass is 16.6. The minimum Gasteiger partial charge on any atom is -0.475 e. The van der Waals surface area contributed by atoms with Crippen molar-refractivity contribution in [2.45, 2.75) is 12.1 Å². The van der Waals surface area contributed by atoms with Crippen LogP contribution < -0.4 is 5.73 Å². The van der Waals surface area contributed by atoms with Crippen LogP contribution in [0.4, 0.5) is 5.69 Å². The predicted octanol–water partition coefficient (Wildman–Crippen LogP) is 0.154. The highest BCUT2D eigenvalue weighted by molar-refractivity contribution is 5.76. The molecule has 0 radical (unpaired) electrons. The van der Waals surface area contributed by atoms with E-state index in [4.69, 9.17) is 10.8 Å². The SMILES string of the molecule is N[C@@](Cc1ccc([N+](=O)[O-])cc1)(C(=O)O)[N+](=O)[O-]. The Kier molecular flexibility index (Phi) is 3.57. The quantitative estimate of drug-likeness (QED) is 0.431. The molecule has 0 aliphatic heterocycles. The van der Waals surface area contributed by atoms with E-state index >= 15 is 0 Å². The van der Waals surface area contributed by atoms with Crippen molar-refractivity contribution in [2.75, 3.05) is 0 Å². The van der Waals surface area contributed by atoms with Gasteiger partial charge in [0.05, 0.1) is 16.3 Å². The first kappa shape index (κ1) is 13.5. The van der Waals surface area contributed by atoms with Gasteiger partial charge in [0, 0.05) is 12.1 Å². The summed E-state index contributed by atoms with van der Waals surface area (Å²) in [5, 5.41) is 29.8. The van der Waals surface area contributed by atoms with Crippen molar-refractivity contribution in [3.05, 3.63) is 50.1 Å². The normalized spacial score (nSPS) is 13.6.